The first-order valence-electron chi connectivity index (χ1n) is 16.0. The minimum atomic E-state index is -5.24. The van der Waals surface area contributed by atoms with Crippen molar-refractivity contribution in [3.63, 3.8) is 0 Å². The zero-order valence-corrected chi connectivity index (χ0v) is 27.5. The lowest BCUT2D eigenvalue weighted by molar-refractivity contribution is -0.174. The van der Waals surface area contributed by atoms with Crippen molar-refractivity contribution in [2.24, 2.45) is 29.2 Å². The SMILES string of the molecule is CC[C@H](C)[C@H](NC(=O)[C@H](Cc1ccc2ccccc2c1)NC(=O)C(F)(F)F)C(=O)C[C@@H](CCCCN)C(=O)N[C@@H](CC(C)C)C(N)=O. The Morgan fingerprint density at radius 2 is 1.51 bits per heavy atom. The van der Waals surface area contributed by atoms with Crippen LogP contribution < -0.4 is 27.4 Å². The molecule has 0 aromatic heterocycles. The highest BCUT2D eigenvalue weighted by Gasteiger charge is 2.41. The fraction of sp³-hybridized carbons (Fsp3) is 0.559. The van der Waals surface area contributed by atoms with Gasteiger partial charge in [-0.25, -0.2) is 0 Å². The molecule has 0 heterocycles. The Kier molecular flexibility index (Phi) is 15.3. The minimum Gasteiger partial charge on any atom is -0.368 e. The Morgan fingerprint density at radius 3 is 2.09 bits per heavy atom. The summed E-state index contributed by atoms with van der Waals surface area (Å²) in [7, 11) is 0. The third kappa shape index (κ3) is 12.6. The van der Waals surface area contributed by atoms with E-state index in [2.05, 4.69) is 10.6 Å². The quantitative estimate of drug-likeness (QED) is 0.143. The molecular formula is C34H48F3N5O5. The maximum Gasteiger partial charge on any atom is 0.471 e. The maximum atomic E-state index is 13.8. The molecule has 0 aliphatic heterocycles. The molecule has 0 saturated heterocycles. The largest absolute Gasteiger partial charge is 0.471 e. The molecule has 0 spiro atoms. The molecule has 0 saturated carbocycles. The fourth-order valence-electron chi connectivity index (χ4n) is 5.32. The summed E-state index contributed by atoms with van der Waals surface area (Å²) < 4.78 is 39.8. The molecule has 7 N–H and O–H groups in total. The molecule has 0 aliphatic rings. The van der Waals surface area contributed by atoms with Gasteiger partial charge in [0, 0.05) is 18.8 Å². The third-order valence-electron chi connectivity index (χ3n) is 8.18. The van der Waals surface area contributed by atoms with Crippen LogP contribution in [-0.4, -0.2) is 60.3 Å². The standard InChI is InChI=1S/C34H48F3N5O5/c1-5-21(4)29(28(43)19-25(12-8-9-15-38)31(45)40-26(30(39)44)16-20(2)3)42-32(46)27(41-33(47)34(35,36)37)18-22-13-14-23-10-6-7-11-24(23)17-22/h6-7,10-11,13-14,17,20-21,25-27,29H,5,8-9,12,15-16,18-19,38H2,1-4H3,(H2,39,44)(H,40,45)(H,41,47)(H,42,46)/t21-,25+,26-,27-,29-/m0/s1. The number of Topliss-reactive ketones (excluding diaryl/α,β-unsaturated/α-hetero) is 1. The lowest BCUT2D eigenvalue weighted by Gasteiger charge is -2.28. The number of halogens is 3. The number of hydrogen-bond acceptors (Lipinski definition) is 6. The summed E-state index contributed by atoms with van der Waals surface area (Å²) in [5.74, 6) is -6.29. The Hall–Kier alpha value is -4.00. The van der Waals surface area contributed by atoms with E-state index >= 15 is 0 Å². The number of nitrogens with two attached hydrogens (primary N) is 2. The second-order valence-electron chi connectivity index (χ2n) is 12.5. The summed E-state index contributed by atoms with van der Waals surface area (Å²) >= 11 is 0. The Bertz CT molecular complexity index is 1380. The van der Waals surface area contributed by atoms with E-state index in [0.717, 1.165) is 10.8 Å². The van der Waals surface area contributed by atoms with Crippen molar-refractivity contribution in [2.75, 3.05) is 6.54 Å². The maximum absolute atomic E-state index is 13.8. The number of fused-ring (bicyclic) bond motifs is 1. The summed E-state index contributed by atoms with van der Waals surface area (Å²) in [6.07, 6.45) is -3.71. The first-order valence-corrected chi connectivity index (χ1v) is 16.0. The molecule has 2 rings (SSSR count). The number of primary amides is 1. The molecule has 2 aromatic carbocycles. The first kappa shape index (κ1) is 39.2. The van der Waals surface area contributed by atoms with Crippen LogP contribution in [0.3, 0.4) is 0 Å². The van der Waals surface area contributed by atoms with Gasteiger partial charge in [-0.3, -0.25) is 24.0 Å². The van der Waals surface area contributed by atoms with Crippen molar-refractivity contribution in [3.05, 3.63) is 48.0 Å². The van der Waals surface area contributed by atoms with Gasteiger partial charge in [0.25, 0.3) is 0 Å². The van der Waals surface area contributed by atoms with Crippen molar-refractivity contribution in [2.45, 2.75) is 96.9 Å². The number of ketones is 1. The summed E-state index contributed by atoms with van der Waals surface area (Å²) in [6.45, 7) is 7.59. The van der Waals surface area contributed by atoms with Crippen LogP contribution in [0, 0.1) is 17.8 Å². The van der Waals surface area contributed by atoms with Crippen LogP contribution in [-0.2, 0) is 30.4 Å². The van der Waals surface area contributed by atoms with E-state index in [1.54, 1.807) is 43.4 Å². The minimum absolute atomic E-state index is 0.0514. The topological polar surface area (TPSA) is 173 Å². The van der Waals surface area contributed by atoms with Crippen LogP contribution >= 0.6 is 0 Å². The van der Waals surface area contributed by atoms with E-state index in [0.29, 0.717) is 37.8 Å². The number of rotatable bonds is 19. The second kappa shape index (κ2) is 18.4. The Morgan fingerprint density at radius 1 is 0.851 bits per heavy atom. The number of unbranched alkanes of at least 4 members (excludes halogenated alkanes) is 1. The van der Waals surface area contributed by atoms with Crippen LogP contribution in [0.1, 0.15) is 71.8 Å². The normalized spacial score (nSPS) is 14.9. The fourth-order valence-corrected chi connectivity index (χ4v) is 5.32. The highest BCUT2D eigenvalue weighted by atomic mass is 19.4. The molecule has 47 heavy (non-hydrogen) atoms. The predicted octanol–water partition coefficient (Wildman–Crippen LogP) is 3.68. The molecule has 5 atom stereocenters. The number of carbonyl (C=O) groups is 5. The lowest BCUT2D eigenvalue weighted by atomic mass is 9.87. The van der Waals surface area contributed by atoms with Gasteiger partial charge >= 0.3 is 12.1 Å². The zero-order valence-electron chi connectivity index (χ0n) is 27.5. The number of amides is 4. The molecule has 0 aliphatic carbocycles. The van der Waals surface area contributed by atoms with Gasteiger partial charge in [-0.15, -0.1) is 0 Å². The van der Waals surface area contributed by atoms with E-state index < -0.39 is 65.5 Å². The monoisotopic (exact) mass is 663 g/mol. The number of alkyl halides is 3. The van der Waals surface area contributed by atoms with Gasteiger partial charge in [0.2, 0.25) is 17.7 Å². The Labute approximate surface area is 274 Å². The zero-order chi connectivity index (χ0) is 35.3. The van der Waals surface area contributed by atoms with Crippen LogP contribution in [0.25, 0.3) is 10.8 Å². The van der Waals surface area contributed by atoms with E-state index in [9.17, 15) is 37.1 Å². The van der Waals surface area contributed by atoms with Gasteiger partial charge in [0.05, 0.1) is 6.04 Å². The summed E-state index contributed by atoms with van der Waals surface area (Å²) in [5, 5.41) is 8.71. The van der Waals surface area contributed by atoms with Gasteiger partial charge in [-0.2, -0.15) is 13.2 Å². The average Bonchev–Trinajstić information content (AvgIpc) is 3.01. The highest BCUT2D eigenvalue weighted by Crippen LogP contribution is 2.22. The number of nitrogens with one attached hydrogen (secondary N) is 3. The number of carbonyl (C=O) groups excluding carboxylic acids is 5. The molecule has 260 valence electrons. The van der Waals surface area contributed by atoms with Crippen LogP contribution in [0.5, 0.6) is 0 Å². The van der Waals surface area contributed by atoms with Crippen LogP contribution in [0.4, 0.5) is 13.2 Å². The highest BCUT2D eigenvalue weighted by molar-refractivity contribution is 5.96. The van der Waals surface area contributed by atoms with Crippen LogP contribution in [0.15, 0.2) is 42.5 Å². The smallest absolute Gasteiger partial charge is 0.368 e. The van der Waals surface area contributed by atoms with E-state index in [4.69, 9.17) is 11.5 Å². The summed E-state index contributed by atoms with van der Waals surface area (Å²) in [5.41, 5.74) is 11.6. The third-order valence-corrected chi connectivity index (χ3v) is 8.18. The van der Waals surface area contributed by atoms with Gasteiger partial charge in [0.15, 0.2) is 5.78 Å². The van der Waals surface area contributed by atoms with Gasteiger partial charge in [-0.05, 0) is 54.0 Å². The summed E-state index contributed by atoms with van der Waals surface area (Å²) in [4.78, 5) is 64.6. The van der Waals surface area contributed by atoms with Crippen molar-refractivity contribution >= 4 is 40.2 Å². The molecule has 10 nitrogen and oxygen atoms in total. The first-order chi connectivity index (χ1) is 22.1. The van der Waals surface area contributed by atoms with Crippen LogP contribution in [0.2, 0.25) is 0 Å². The van der Waals surface area contributed by atoms with E-state index in [1.807, 2.05) is 32.0 Å². The predicted molar refractivity (Wildman–Crippen MR) is 174 cm³/mol. The van der Waals surface area contributed by atoms with Gasteiger partial charge in [-0.1, -0.05) is 83.0 Å². The van der Waals surface area contributed by atoms with Crippen molar-refractivity contribution in [1.82, 2.24) is 16.0 Å². The van der Waals surface area contributed by atoms with Crippen molar-refractivity contribution < 1.29 is 37.1 Å². The molecule has 4 amide bonds. The molecule has 0 fully saturated rings. The molecular weight excluding hydrogens is 615 g/mol. The van der Waals surface area contributed by atoms with Gasteiger partial charge < -0.3 is 27.4 Å². The van der Waals surface area contributed by atoms with Crippen molar-refractivity contribution in [3.8, 4) is 0 Å². The Balaban J connectivity index is 2.34. The molecule has 0 radical (unpaired) electrons. The van der Waals surface area contributed by atoms with Gasteiger partial charge in [0.1, 0.15) is 12.1 Å². The molecule has 0 bridgehead atoms. The molecule has 2 aromatic rings. The van der Waals surface area contributed by atoms with Crippen molar-refractivity contribution in [1.29, 1.82) is 0 Å². The lowest BCUT2D eigenvalue weighted by Crippen LogP contribution is -2.56. The van der Waals surface area contributed by atoms with E-state index in [-0.39, 0.29) is 25.2 Å². The second-order valence-corrected chi connectivity index (χ2v) is 12.5. The average molecular weight is 664 g/mol. The number of hydrogen-bond donors (Lipinski definition) is 5. The molecule has 0 unspecified atom stereocenters. The summed E-state index contributed by atoms with van der Waals surface area (Å²) in [6, 6.07) is 8.69. The number of benzene rings is 2. The molecule has 13 heteroatoms. The van der Waals surface area contributed by atoms with E-state index in [1.165, 1.54) is 0 Å².